The van der Waals surface area contributed by atoms with Crippen LogP contribution in [0, 0.1) is 0 Å². The van der Waals surface area contributed by atoms with E-state index >= 15 is 0 Å². The molecule has 1 aliphatic rings. The van der Waals surface area contributed by atoms with Crippen molar-refractivity contribution in [2.45, 2.75) is 23.5 Å². The number of carbonyl (C=O) groups is 1. The fourth-order valence-corrected chi connectivity index (χ4v) is 4.21. The summed E-state index contributed by atoms with van der Waals surface area (Å²) in [4.78, 5) is 15.3. The van der Waals surface area contributed by atoms with Gasteiger partial charge < -0.3 is 4.79 Å². The van der Waals surface area contributed by atoms with Gasteiger partial charge in [-0.15, -0.1) is 23.1 Å². The van der Waals surface area contributed by atoms with E-state index in [-0.39, 0.29) is 5.37 Å². The fraction of sp³-hybridized carbons (Fsp3) is 0.385. The lowest BCUT2D eigenvalue weighted by atomic mass is 10.2. The summed E-state index contributed by atoms with van der Waals surface area (Å²) in [5, 5.41) is 4.92. The van der Waals surface area contributed by atoms with Gasteiger partial charge in [-0.25, -0.2) is 4.98 Å². The molecule has 1 aliphatic heterocycles. The van der Waals surface area contributed by atoms with Gasteiger partial charge in [-0.05, 0) is 18.6 Å². The highest BCUT2D eigenvalue weighted by Gasteiger charge is 2.23. The third kappa shape index (κ3) is 2.58. The van der Waals surface area contributed by atoms with Crippen LogP contribution in [0.2, 0.25) is 0 Å². The van der Waals surface area contributed by atoms with Crippen molar-refractivity contribution in [1.29, 1.82) is 0 Å². The number of thioether (sulfide) groups is 1. The molecular formula is C13H14N2OS2. The molecule has 2 aromatic rings. The van der Waals surface area contributed by atoms with E-state index in [1.54, 1.807) is 23.1 Å². The number of hydrogen-bond donors (Lipinski definition) is 1. The van der Waals surface area contributed by atoms with Gasteiger partial charge in [0.25, 0.3) is 0 Å². The van der Waals surface area contributed by atoms with E-state index in [1.165, 1.54) is 9.71 Å². The number of aryl methyl sites for hydroxylation is 1. The van der Waals surface area contributed by atoms with Crippen molar-refractivity contribution >= 4 is 39.6 Å². The van der Waals surface area contributed by atoms with Crippen molar-refractivity contribution in [3.8, 4) is 0 Å². The van der Waals surface area contributed by atoms with Crippen molar-refractivity contribution in [1.82, 2.24) is 10.3 Å². The first-order valence-corrected chi connectivity index (χ1v) is 7.79. The summed E-state index contributed by atoms with van der Waals surface area (Å²) in [5.74, 6) is 0. The average Bonchev–Trinajstić information content (AvgIpc) is 3.02. The Morgan fingerprint density at radius 3 is 3.11 bits per heavy atom. The van der Waals surface area contributed by atoms with E-state index in [4.69, 9.17) is 0 Å². The van der Waals surface area contributed by atoms with Crippen LogP contribution in [0.15, 0.2) is 24.3 Å². The Morgan fingerprint density at radius 1 is 1.44 bits per heavy atom. The summed E-state index contributed by atoms with van der Waals surface area (Å²) >= 11 is 3.51. The molecule has 94 valence electrons. The second-order valence-corrected chi connectivity index (χ2v) is 6.90. The number of rotatable bonds is 4. The fourth-order valence-electron chi connectivity index (χ4n) is 2.11. The largest absolute Gasteiger partial charge is 0.301 e. The molecular weight excluding hydrogens is 264 g/mol. The molecule has 2 atom stereocenters. The maximum Gasteiger partial charge on any atom is 0.147 e. The van der Waals surface area contributed by atoms with Gasteiger partial charge in [0.2, 0.25) is 0 Å². The summed E-state index contributed by atoms with van der Waals surface area (Å²) in [6.45, 7) is 0.930. The Morgan fingerprint density at radius 2 is 2.33 bits per heavy atom. The second-order valence-electron chi connectivity index (χ2n) is 4.34. The molecule has 0 amide bonds. The van der Waals surface area contributed by atoms with Gasteiger partial charge in [0.1, 0.15) is 11.7 Å². The molecule has 0 aliphatic carbocycles. The summed E-state index contributed by atoms with van der Waals surface area (Å²) in [7, 11) is 0. The highest BCUT2D eigenvalue weighted by Crippen LogP contribution is 2.27. The lowest BCUT2D eigenvalue weighted by Gasteiger charge is -2.05. The molecule has 18 heavy (non-hydrogen) atoms. The van der Waals surface area contributed by atoms with Crippen LogP contribution < -0.4 is 5.32 Å². The third-order valence-corrected chi connectivity index (χ3v) is 5.48. The van der Waals surface area contributed by atoms with E-state index in [0.717, 1.165) is 31.2 Å². The lowest BCUT2D eigenvalue weighted by Crippen LogP contribution is -2.21. The average molecular weight is 278 g/mol. The first-order chi connectivity index (χ1) is 8.85. The molecule has 0 bridgehead atoms. The Kier molecular flexibility index (Phi) is 3.63. The zero-order valence-electron chi connectivity index (χ0n) is 9.83. The molecule has 0 spiro atoms. The first-order valence-electron chi connectivity index (χ1n) is 6.04. The molecule has 2 unspecified atom stereocenters. The van der Waals surface area contributed by atoms with E-state index in [9.17, 15) is 4.79 Å². The van der Waals surface area contributed by atoms with Crippen LogP contribution in [-0.4, -0.2) is 28.4 Å². The van der Waals surface area contributed by atoms with Gasteiger partial charge >= 0.3 is 0 Å². The van der Waals surface area contributed by atoms with Crippen LogP contribution in [0.5, 0.6) is 0 Å². The molecule has 2 heterocycles. The molecule has 0 saturated carbocycles. The monoisotopic (exact) mass is 278 g/mol. The van der Waals surface area contributed by atoms with E-state index < -0.39 is 0 Å². The standard InChI is InChI=1S/C13H14N2OS2/c16-8-13-14-7-9(17-13)5-6-12-15-10-3-1-2-4-11(10)18-12/h1-4,8-9,13-14H,5-7H2. The molecule has 5 heteroatoms. The second kappa shape index (κ2) is 5.38. The number of aldehydes is 1. The van der Waals surface area contributed by atoms with Crippen LogP contribution in [0.4, 0.5) is 0 Å². The van der Waals surface area contributed by atoms with Gasteiger partial charge in [0.05, 0.1) is 15.2 Å². The number of nitrogens with one attached hydrogen (secondary N) is 1. The molecule has 0 radical (unpaired) electrons. The van der Waals surface area contributed by atoms with Crippen molar-refractivity contribution in [3.05, 3.63) is 29.3 Å². The number of aromatic nitrogens is 1. The predicted octanol–water partition coefficient (Wildman–Crippen LogP) is 2.46. The van der Waals surface area contributed by atoms with Crippen LogP contribution in [-0.2, 0) is 11.2 Å². The number of benzene rings is 1. The number of thiazole rings is 1. The Bertz CT molecular complexity index is 522. The number of nitrogens with zero attached hydrogens (tertiary/aromatic N) is 1. The topological polar surface area (TPSA) is 42.0 Å². The number of carbonyl (C=O) groups excluding carboxylic acids is 1. The summed E-state index contributed by atoms with van der Waals surface area (Å²) in [5.41, 5.74) is 1.10. The maximum absolute atomic E-state index is 10.7. The Balaban J connectivity index is 1.61. The number of hydrogen-bond acceptors (Lipinski definition) is 5. The Labute approximate surface area is 114 Å². The van der Waals surface area contributed by atoms with Crippen molar-refractivity contribution < 1.29 is 4.79 Å². The van der Waals surface area contributed by atoms with Gasteiger partial charge in [-0.2, -0.15) is 0 Å². The highest BCUT2D eigenvalue weighted by atomic mass is 32.2. The van der Waals surface area contributed by atoms with Crippen molar-refractivity contribution in [2.24, 2.45) is 0 Å². The van der Waals surface area contributed by atoms with E-state index in [0.29, 0.717) is 5.25 Å². The third-order valence-electron chi connectivity index (χ3n) is 3.03. The normalized spacial score (nSPS) is 23.6. The first kappa shape index (κ1) is 12.1. The summed E-state index contributed by atoms with van der Waals surface area (Å²) in [6, 6.07) is 8.25. The lowest BCUT2D eigenvalue weighted by molar-refractivity contribution is -0.107. The van der Waals surface area contributed by atoms with E-state index in [2.05, 4.69) is 28.5 Å². The maximum atomic E-state index is 10.7. The quantitative estimate of drug-likeness (QED) is 0.872. The minimum absolute atomic E-state index is 0.00892. The van der Waals surface area contributed by atoms with Crippen LogP contribution in [0.3, 0.4) is 0 Å². The van der Waals surface area contributed by atoms with Gasteiger partial charge in [-0.1, -0.05) is 12.1 Å². The van der Waals surface area contributed by atoms with Crippen LogP contribution in [0.25, 0.3) is 10.2 Å². The Hall–Kier alpha value is -0.910. The smallest absolute Gasteiger partial charge is 0.147 e. The molecule has 3 rings (SSSR count). The van der Waals surface area contributed by atoms with Gasteiger partial charge in [-0.3, -0.25) is 5.32 Å². The highest BCUT2D eigenvalue weighted by molar-refractivity contribution is 8.01. The minimum atomic E-state index is -0.00892. The molecule has 1 N–H and O–H groups in total. The minimum Gasteiger partial charge on any atom is -0.301 e. The zero-order valence-corrected chi connectivity index (χ0v) is 11.5. The SMILES string of the molecule is O=CC1NCC(CCc2nc3ccccc3s2)S1. The molecule has 1 fully saturated rings. The predicted molar refractivity (Wildman–Crippen MR) is 77.2 cm³/mol. The number of fused-ring (bicyclic) bond motifs is 1. The zero-order chi connectivity index (χ0) is 12.4. The van der Waals surface area contributed by atoms with Gasteiger partial charge in [0, 0.05) is 18.2 Å². The molecule has 3 nitrogen and oxygen atoms in total. The van der Waals surface area contributed by atoms with Crippen molar-refractivity contribution in [3.63, 3.8) is 0 Å². The number of para-hydroxylation sites is 1. The van der Waals surface area contributed by atoms with Crippen molar-refractivity contribution in [2.75, 3.05) is 6.54 Å². The van der Waals surface area contributed by atoms with Crippen LogP contribution >= 0.6 is 23.1 Å². The van der Waals surface area contributed by atoms with Crippen LogP contribution in [0.1, 0.15) is 11.4 Å². The molecule has 1 aromatic carbocycles. The molecule has 1 saturated heterocycles. The molecule has 1 aromatic heterocycles. The summed E-state index contributed by atoms with van der Waals surface area (Å²) < 4.78 is 1.26. The van der Waals surface area contributed by atoms with E-state index in [1.807, 2.05) is 6.07 Å². The summed E-state index contributed by atoms with van der Waals surface area (Å²) in [6.07, 6.45) is 3.08. The van der Waals surface area contributed by atoms with Gasteiger partial charge in [0.15, 0.2) is 0 Å².